The highest BCUT2D eigenvalue weighted by atomic mass is 32.1. The number of nitrogens with two attached hydrogens (primary N) is 1. The van der Waals surface area contributed by atoms with Crippen LogP contribution >= 0.6 is 22.7 Å². The van der Waals surface area contributed by atoms with Crippen molar-refractivity contribution in [1.82, 2.24) is 4.98 Å². The molecule has 0 aliphatic carbocycles. The first-order valence-electron chi connectivity index (χ1n) is 6.06. The number of thiazole rings is 1. The van der Waals surface area contributed by atoms with Crippen LogP contribution in [0.15, 0.2) is 40.4 Å². The number of hydrogen-bond donors (Lipinski definition) is 1. The van der Waals surface area contributed by atoms with Crippen molar-refractivity contribution < 1.29 is 0 Å². The van der Waals surface area contributed by atoms with E-state index >= 15 is 0 Å². The maximum atomic E-state index is 5.61. The minimum absolute atomic E-state index is 0.580. The Morgan fingerprint density at radius 3 is 2.53 bits per heavy atom. The minimum Gasteiger partial charge on any atom is -0.326 e. The molecule has 0 aliphatic rings. The predicted molar refractivity (Wildman–Crippen MR) is 83.5 cm³/mol. The number of thiophene rings is 1. The molecule has 3 rings (SSSR count). The third-order valence-corrected chi connectivity index (χ3v) is 4.81. The Balaban J connectivity index is 1.94. The van der Waals surface area contributed by atoms with Gasteiger partial charge in [0.05, 0.1) is 5.69 Å². The van der Waals surface area contributed by atoms with Crippen LogP contribution in [-0.2, 0) is 6.54 Å². The van der Waals surface area contributed by atoms with Crippen molar-refractivity contribution in [2.45, 2.75) is 13.5 Å². The lowest BCUT2D eigenvalue weighted by Gasteiger charge is -1.99. The Labute approximate surface area is 120 Å². The van der Waals surface area contributed by atoms with Crippen LogP contribution in [0.2, 0.25) is 0 Å². The molecule has 0 bridgehead atoms. The van der Waals surface area contributed by atoms with Crippen LogP contribution in [0.4, 0.5) is 0 Å². The summed E-state index contributed by atoms with van der Waals surface area (Å²) in [5.74, 6) is 0. The van der Waals surface area contributed by atoms with Crippen molar-refractivity contribution in [3.63, 3.8) is 0 Å². The average Bonchev–Trinajstić information content (AvgIpc) is 3.07. The first kappa shape index (κ1) is 12.5. The molecule has 1 aromatic carbocycles. The summed E-state index contributed by atoms with van der Waals surface area (Å²) in [6.07, 6.45) is 0. The molecule has 0 saturated carbocycles. The lowest BCUT2D eigenvalue weighted by atomic mass is 10.1. The summed E-state index contributed by atoms with van der Waals surface area (Å²) in [6.45, 7) is 2.71. The van der Waals surface area contributed by atoms with Gasteiger partial charge < -0.3 is 5.73 Å². The van der Waals surface area contributed by atoms with Gasteiger partial charge in [-0.1, -0.05) is 24.3 Å². The summed E-state index contributed by atoms with van der Waals surface area (Å²) in [5.41, 5.74) is 11.5. The second-order valence-electron chi connectivity index (χ2n) is 4.41. The largest absolute Gasteiger partial charge is 0.326 e. The summed E-state index contributed by atoms with van der Waals surface area (Å²) in [7, 11) is 0. The smallest absolute Gasteiger partial charge is 0.125 e. The molecule has 0 aliphatic heterocycles. The molecule has 96 valence electrons. The van der Waals surface area contributed by atoms with Crippen LogP contribution in [0.3, 0.4) is 0 Å². The molecular weight excluding hydrogens is 272 g/mol. The number of nitrogens with zero attached hydrogens (tertiary/aromatic N) is 1. The van der Waals surface area contributed by atoms with E-state index in [1.165, 1.54) is 11.1 Å². The van der Waals surface area contributed by atoms with Crippen molar-refractivity contribution in [3.05, 3.63) is 51.5 Å². The molecule has 0 unspecified atom stereocenters. The van der Waals surface area contributed by atoms with Crippen LogP contribution < -0.4 is 5.73 Å². The second kappa shape index (κ2) is 5.25. The van der Waals surface area contributed by atoms with Crippen molar-refractivity contribution in [2.24, 2.45) is 5.73 Å². The fourth-order valence-corrected chi connectivity index (χ4v) is 3.74. The summed E-state index contributed by atoms with van der Waals surface area (Å²) < 4.78 is 0. The Morgan fingerprint density at radius 2 is 1.89 bits per heavy atom. The Hall–Kier alpha value is -1.49. The normalized spacial score (nSPS) is 10.8. The zero-order chi connectivity index (χ0) is 13.2. The van der Waals surface area contributed by atoms with Crippen molar-refractivity contribution >= 4 is 22.7 Å². The maximum Gasteiger partial charge on any atom is 0.125 e. The summed E-state index contributed by atoms with van der Waals surface area (Å²) in [6, 6.07) is 8.29. The van der Waals surface area contributed by atoms with E-state index in [2.05, 4.69) is 47.3 Å². The molecule has 19 heavy (non-hydrogen) atoms. The van der Waals surface area contributed by atoms with E-state index in [1.54, 1.807) is 22.7 Å². The number of aryl methyl sites for hydroxylation is 1. The zero-order valence-electron chi connectivity index (χ0n) is 10.6. The zero-order valence-corrected chi connectivity index (χ0v) is 12.2. The van der Waals surface area contributed by atoms with Crippen LogP contribution in [0.1, 0.15) is 11.1 Å². The Morgan fingerprint density at radius 1 is 1.11 bits per heavy atom. The van der Waals surface area contributed by atoms with Gasteiger partial charge in [0.15, 0.2) is 0 Å². The van der Waals surface area contributed by atoms with Gasteiger partial charge in [0.1, 0.15) is 5.01 Å². The molecular formula is C15H14N2S2. The summed E-state index contributed by atoms with van der Waals surface area (Å²) >= 11 is 3.42. The van der Waals surface area contributed by atoms with Crippen molar-refractivity contribution in [2.75, 3.05) is 0 Å². The van der Waals surface area contributed by atoms with Gasteiger partial charge >= 0.3 is 0 Å². The standard InChI is InChI=1S/C15H14N2S2/c1-10-7-18-8-13(10)15-17-14(9-19-15)12-4-2-11(6-16)3-5-12/h2-5,7-9H,6,16H2,1H3. The van der Waals surface area contributed by atoms with Crippen molar-refractivity contribution in [1.29, 1.82) is 0 Å². The van der Waals surface area contributed by atoms with Crippen LogP contribution in [0.5, 0.6) is 0 Å². The van der Waals surface area contributed by atoms with Gasteiger partial charge in [-0.3, -0.25) is 0 Å². The van der Waals surface area contributed by atoms with Gasteiger partial charge in [-0.05, 0) is 23.4 Å². The highest BCUT2D eigenvalue weighted by Crippen LogP contribution is 2.32. The fraction of sp³-hybridized carbons (Fsp3) is 0.133. The topological polar surface area (TPSA) is 38.9 Å². The second-order valence-corrected chi connectivity index (χ2v) is 6.01. The number of aromatic nitrogens is 1. The van der Waals surface area contributed by atoms with E-state index in [9.17, 15) is 0 Å². The van der Waals surface area contributed by atoms with E-state index in [1.807, 2.05) is 0 Å². The molecule has 4 heteroatoms. The van der Waals surface area contributed by atoms with Gasteiger partial charge in [0.2, 0.25) is 0 Å². The van der Waals surface area contributed by atoms with E-state index in [4.69, 9.17) is 10.7 Å². The van der Waals surface area contributed by atoms with Crippen LogP contribution in [0.25, 0.3) is 21.8 Å². The molecule has 0 spiro atoms. The molecule has 2 aromatic heterocycles. The van der Waals surface area contributed by atoms with Gasteiger partial charge in [-0.2, -0.15) is 11.3 Å². The van der Waals surface area contributed by atoms with Gasteiger partial charge in [-0.25, -0.2) is 4.98 Å². The summed E-state index contributed by atoms with van der Waals surface area (Å²) in [5, 5.41) is 7.53. The average molecular weight is 286 g/mol. The predicted octanol–water partition coefficient (Wildman–Crippen LogP) is 4.31. The Bertz CT molecular complexity index is 680. The molecule has 2 heterocycles. The van der Waals surface area contributed by atoms with E-state index in [0.717, 1.165) is 21.8 Å². The highest BCUT2D eigenvalue weighted by Gasteiger charge is 2.09. The van der Waals surface area contributed by atoms with Gasteiger partial charge in [0.25, 0.3) is 0 Å². The third-order valence-electron chi connectivity index (χ3n) is 3.08. The molecule has 0 atom stereocenters. The van der Waals surface area contributed by atoms with Crippen LogP contribution in [-0.4, -0.2) is 4.98 Å². The summed E-state index contributed by atoms with van der Waals surface area (Å²) in [4.78, 5) is 4.73. The van der Waals surface area contributed by atoms with E-state index < -0.39 is 0 Å². The fourth-order valence-electron chi connectivity index (χ4n) is 1.92. The quantitative estimate of drug-likeness (QED) is 0.779. The lowest BCUT2D eigenvalue weighted by molar-refractivity contribution is 1.07. The molecule has 0 amide bonds. The number of benzene rings is 1. The first-order valence-corrected chi connectivity index (χ1v) is 7.88. The van der Waals surface area contributed by atoms with E-state index in [0.29, 0.717) is 6.54 Å². The Kier molecular flexibility index (Phi) is 3.46. The van der Waals surface area contributed by atoms with Gasteiger partial charge in [-0.15, -0.1) is 11.3 Å². The van der Waals surface area contributed by atoms with Gasteiger partial charge in [0, 0.05) is 28.4 Å². The van der Waals surface area contributed by atoms with Crippen LogP contribution in [0, 0.1) is 6.92 Å². The molecule has 0 saturated heterocycles. The SMILES string of the molecule is Cc1cscc1-c1nc(-c2ccc(CN)cc2)cs1. The maximum absolute atomic E-state index is 5.61. The number of rotatable bonds is 3. The third kappa shape index (κ3) is 2.47. The minimum atomic E-state index is 0.580. The van der Waals surface area contributed by atoms with E-state index in [-0.39, 0.29) is 0 Å². The first-order chi connectivity index (χ1) is 9.28. The molecule has 2 nitrogen and oxygen atoms in total. The molecule has 0 fully saturated rings. The highest BCUT2D eigenvalue weighted by molar-refractivity contribution is 7.14. The molecule has 2 N–H and O–H groups in total. The van der Waals surface area contributed by atoms with Crippen molar-refractivity contribution in [3.8, 4) is 21.8 Å². The lowest BCUT2D eigenvalue weighted by Crippen LogP contribution is -1.95. The monoisotopic (exact) mass is 286 g/mol. The number of hydrogen-bond acceptors (Lipinski definition) is 4. The molecule has 3 aromatic rings. The molecule has 0 radical (unpaired) electrons.